The third-order valence-corrected chi connectivity index (χ3v) is 3.64. The number of aromatic carboxylic acids is 1. The van der Waals surface area contributed by atoms with Gasteiger partial charge < -0.3 is 20.2 Å². The molecule has 0 saturated carbocycles. The fourth-order valence-electron chi connectivity index (χ4n) is 2.42. The van der Waals surface area contributed by atoms with Gasteiger partial charge in [0.2, 0.25) is 5.91 Å². The second-order valence-corrected chi connectivity index (χ2v) is 5.50. The largest absolute Gasteiger partial charge is 0.478 e. The smallest absolute Gasteiger partial charge is 0.337 e. The molecule has 0 saturated heterocycles. The Hall–Kier alpha value is -3.45. The van der Waals surface area contributed by atoms with Gasteiger partial charge >= 0.3 is 5.97 Å². The van der Waals surface area contributed by atoms with Crippen LogP contribution in [0.15, 0.2) is 65.3 Å². The predicted molar refractivity (Wildman–Crippen MR) is 95.7 cm³/mol. The second kappa shape index (κ2) is 8.09. The number of furan rings is 1. The minimum absolute atomic E-state index is 0.0270. The lowest BCUT2D eigenvalue weighted by molar-refractivity contribution is -0.115. The van der Waals surface area contributed by atoms with Crippen molar-refractivity contribution in [3.8, 4) is 11.3 Å². The van der Waals surface area contributed by atoms with E-state index in [1.54, 1.807) is 30.6 Å². The van der Waals surface area contributed by atoms with Gasteiger partial charge in [-0.25, -0.2) is 4.79 Å². The molecule has 3 aromatic rings. The van der Waals surface area contributed by atoms with Crippen molar-refractivity contribution < 1.29 is 19.1 Å². The van der Waals surface area contributed by atoms with E-state index >= 15 is 0 Å². The molecular formula is C19H17N3O4. The maximum Gasteiger partial charge on any atom is 0.337 e. The Morgan fingerprint density at radius 2 is 1.81 bits per heavy atom. The number of carboxylic acid groups (broad SMARTS) is 1. The van der Waals surface area contributed by atoms with Crippen molar-refractivity contribution in [2.24, 2.45) is 0 Å². The van der Waals surface area contributed by atoms with Gasteiger partial charge in [-0.1, -0.05) is 12.1 Å². The fraction of sp³-hybridized carbons (Fsp3) is 0.105. The molecule has 1 amide bonds. The molecule has 2 heterocycles. The number of benzene rings is 1. The van der Waals surface area contributed by atoms with Gasteiger partial charge in [-0.05, 0) is 36.4 Å². The van der Waals surface area contributed by atoms with Crippen LogP contribution in [0.3, 0.4) is 0 Å². The first-order valence-electron chi connectivity index (χ1n) is 7.95. The van der Waals surface area contributed by atoms with Crippen molar-refractivity contribution in [1.29, 1.82) is 0 Å². The number of hydrogen-bond donors (Lipinski definition) is 3. The zero-order valence-corrected chi connectivity index (χ0v) is 13.8. The van der Waals surface area contributed by atoms with Gasteiger partial charge in [0, 0.05) is 18.0 Å². The van der Waals surface area contributed by atoms with E-state index in [1.807, 2.05) is 24.3 Å². The lowest BCUT2D eigenvalue weighted by Crippen LogP contribution is -2.28. The zero-order chi connectivity index (χ0) is 18.4. The molecule has 0 fully saturated rings. The molecule has 0 aliphatic carbocycles. The first-order valence-corrected chi connectivity index (χ1v) is 7.95. The summed E-state index contributed by atoms with van der Waals surface area (Å²) >= 11 is 0. The number of amides is 1. The van der Waals surface area contributed by atoms with Crippen LogP contribution in [-0.4, -0.2) is 28.5 Å². The number of nitrogens with zero attached hydrogens (tertiary/aromatic N) is 1. The Bertz CT molecular complexity index is 906. The molecule has 0 aliphatic rings. The van der Waals surface area contributed by atoms with Gasteiger partial charge in [0.25, 0.3) is 0 Å². The maximum atomic E-state index is 12.0. The monoisotopic (exact) mass is 351 g/mol. The van der Waals surface area contributed by atoms with Crippen LogP contribution in [0.5, 0.6) is 0 Å². The SMILES string of the molecule is O=C(CNCc1ccc(-c2ccncc2)o1)Nc1ccccc1C(=O)O. The summed E-state index contributed by atoms with van der Waals surface area (Å²) in [5, 5.41) is 14.7. The third kappa shape index (κ3) is 4.34. The number of pyridine rings is 1. The van der Waals surface area contributed by atoms with Gasteiger partial charge in [0.05, 0.1) is 24.3 Å². The molecule has 3 N–H and O–H groups in total. The molecule has 0 unspecified atom stereocenters. The first-order chi connectivity index (χ1) is 12.6. The van der Waals surface area contributed by atoms with E-state index in [0.717, 1.165) is 11.3 Å². The standard InChI is InChI=1S/C19H17N3O4/c23-18(22-16-4-2-1-3-15(16)19(24)25)12-21-11-14-5-6-17(26-14)13-7-9-20-10-8-13/h1-10,21H,11-12H2,(H,22,23)(H,24,25). The normalized spacial score (nSPS) is 10.5. The summed E-state index contributed by atoms with van der Waals surface area (Å²) in [7, 11) is 0. The molecule has 7 heteroatoms. The van der Waals surface area contributed by atoms with Crippen LogP contribution in [0.2, 0.25) is 0 Å². The number of aromatic nitrogens is 1. The van der Waals surface area contributed by atoms with Crippen LogP contribution in [0.4, 0.5) is 5.69 Å². The zero-order valence-electron chi connectivity index (χ0n) is 13.8. The highest BCUT2D eigenvalue weighted by atomic mass is 16.4. The summed E-state index contributed by atoms with van der Waals surface area (Å²) in [4.78, 5) is 27.1. The molecule has 0 aliphatic heterocycles. The van der Waals surface area contributed by atoms with E-state index in [1.165, 1.54) is 6.07 Å². The first kappa shape index (κ1) is 17.4. The number of nitrogens with one attached hydrogen (secondary N) is 2. The molecule has 26 heavy (non-hydrogen) atoms. The van der Waals surface area contributed by atoms with E-state index in [4.69, 9.17) is 9.52 Å². The van der Waals surface area contributed by atoms with Gasteiger partial charge in [0.15, 0.2) is 0 Å². The molecule has 132 valence electrons. The minimum Gasteiger partial charge on any atom is -0.478 e. The van der Waals surface area contributed by atoms with Crippen molar-refractivity contribution in [1.82, 2.24) is 10.3 Å². The van der Waals surface area contributed by atoms with E-state index in [0.29, 0.717) is 12.3 Å². The lowest BCUT2D eigenvalue weighted by Gasteiger charge is -2.08. The molecule has 0 atom stereocenters. The Morgan fingerprint density at radius 3 is 2.58 bits per heavy atom. The van der Waals surface area contributed by atoms with Crippen LogP contribution < -0.4 is 10.6 Å². The molecular weight excluding hydrogens is 334 g/mol. The Kier molecular flexibility index (Phi) is 5.40. The minimum atomic E-state index is -1.09. The molecule has 0 radical (unpaired) electrons. The summed E-state index contributed by atoms with van der Waals surface area (Å²) in [5.74, 6) is -0.00714. The Balaban J connectivity index is 1.52. The number of carbonyl (C=O) groups is 2. The number of para-hydroxylation sites is 1. The predicted octanol–water partition coefficient (Wildman–Crippen LogP) is 2.77. The van der Waals surface area contributed by atoms with E-state index in [9.17, 15) is 9.59 Å². The second-order valence-electron chi connectivity index (χ2n) is 5.50. The molecule has 3 rings (SSSR count). The van der Waals surface area contributed by atoms with Gasteiger partial charge in [-0.2, -0.15) is 0 Å². The van der Waals surface area contributed by atoms with Crippen molar-refractivity contribution in [2.75, 3.05) is 11.9 Å². The van der Waals surface area contributed by atoms with Crippen molar-refractivity contribution >= 4 is 17.6 Å². The maximum absolute atomic E-state index is 12.0. The molecule has 0 bridgehead atoms. The average molecular weight is 351 g/mol. The van der Waals surface area contributed by atoms with E-state index < -0.39 is 5.97 Å². The summed E-state index contributed by atoms with van der Waals surface area (Å²) in [6, 6.07) is 13.7. The van der Waals surface area contributed by atoms with E-state index in [-0.39, 0.29) is 23.7 Å². The van der Waals surface area contributed by atoms with Gasteiger partial charge in [0.1, 0.15) is 11.5 Å². The Labute approximate surface area is 149 Å². The molecule has 2 aromatic heterocycles. The number of anilines is 1. The van der Waals surface area contributed by atoms with Crippen LogP contribution >= 0.6 is 0 Å². The Morgan fingerprint density at radius 1 is 1.04 bits per heavy atom. The molecule has 7 nitrogen and oxygen atoms in total. The third-order valence-electron chi connectivity index (χ3n) is 3.64. The number of carboxylic acids is 1. The average Bonchev–Trinajstić information content (AvgIpc) is 3.11. The summed E-state index contributed by atoms with van der Waals surface area (Å²) in [6.07, 6.45) is 3.38. The van der Waals surface area contributed by atoms with Crippen LogP contribution in [0.25, 0.3) is 11.3 Å². The van der Waals surface area contributed by atoms with Crippen LogP contribution in [0.1, 0.15) is 16.1 Å². The molecule has 0 spiro atoms. The topological polar surface area (TPSA) is 104 Å². The summed E-state index contributed by atoms with van der Waals surface area (Å²) in [5.41, 5.74) is 1.24. The number of hydrogen-bond acceptors (Lipinski definition) is 5. The van der Waals surface area contributed by atoms with Crippen LogP contribution in [0, 0.1) is 0 Å². The van der Waals surface area contributed by atoms with Crippen molar-refractivity contribution in [3.05, 3.63) is 72.2 Å². The highest BCUT2D eigenvalue weighted by Crippen LogP contribution is 2.21. The van der Waals surface area contributed by atoms with Crippen molar-refractivity contribution in [3.63, 3.8) is 0 Å². The number of rotatable bonds is 7. The number of carbonyl (C=O) groups excluding carboxylic acids is 1. The summed E-state index contributed by atoms with van der Waals surface area (Å²) < 4.78 is 5.72. The van der Waals surface area contributed by atoms with Gasteiger partial charge in [-0.3, -0.25) is 9.78 Å². The highest BCUT2D eigenvalue weighted by molar-refractivity contribution is 6.01. The highest BCUT2D eigenvalue weighted by Gasteiger charge is 2.11. The van der Waals surface area contributed by atoms with Crippen molar-refractivity contribution in [2.45, 2.75) is 6.54 Å². The fourth-order valence-corrected chi connectivity index (χ4v) is 2.42. The lowest BCUT2D eigenvalue weighted by atomic mass is 10.2. The van der Waals surface area contributed by atoms with Crippen LogP contribution in [-0.2, 0) is 11.3 Å². The summed E-state index contributed by atoms with van der Waals surface area (Å²) in [6.45, 7) is 0.401. The van der Waals surface area contributed by atoms with E-state index in [2.05, 4.69) is 15.6 Å². The quantitative estimate of drug-likeness (QED) is 0.605. The molecule has 1 aromatic carbocycles. The van der Waals surface area contributed by atoms with Gasteiger partial charge in [-0.15, -0.1) is 0 Å².